The molecular weight excluding hydrogens is 312 g/mol. The van der Waals surface area contributed by atoms with E-state index in [9.17, 15) is 4.79 Å². The number of amides is 1. The molecule has 2 fully saturated rings. The van der Waals surface area contributed by atoms with Crippen LogP contribution in [0.15, 0.2) is 24.3 Å². The average molecular weight is 339 g/mol. The van der Waals surface area contributed by atoms with Crippen molar-refractivity contribution in [1.82, 2.24) is 4.90 Å². The van der Waals surface area contributed by atoms with E-state index in [0.717, 1.165) is 56.5 Å². The second kappa shape index (κ2) is 7.54. The topological polar surface area (TPSA) is 55.6 Å². The van der Waals surface area contributed by atoms with Crippen molar-refractivity contribution in [2.24, 2.45) is 11.7 Å². The van der Waals surface area contributed by atoms with E-state index in [1.807, 2.05) is 23.1 Å². The fourth-order valence-electron chi connectivity index (χ4n) is 4.04. The Morgan fingerprint density at radius 2 is 2.13 bits per heavy atom. The summed E-state index contributed by atoms with van der Waals surface area (Å²) in [7, 11) is 1.68. The van der Waals surface area contributed by atoms with Gasteiger partial charge in [0.05, 0.1) is 12.5 Å². The molecule has 1 amide bonds. The van der Waals surface area contributed by atoms with Crippen LogP contribution in [-0.4, -0.2) is 37.6 Å². The summed E-state index contributed by atoms with van der Waals surface area (Å²) in [5.74, 6) is 1.60. The smallest absolute Gasteiger partial charge is 0.233 e. The lowest BCUT2D eigenvalue weighted by molar-refractivity contribution is -0.136. The number of methoxy groups -OCH3 is 1. The lowest BCUT2D eigenvalue weighted by Crippen LogP contribution is -2.44. The molecule has 0 spiro atoms. The van der Waals surface area contributed by atoms with Crippen LogP contribution < -0.4 is 10.5 Å². The molecule has 0 aromatic heterocycles. The maximum atomic E-state index is 13.3. The number of benzene rings is 1. The average Bonchev–Trinajstić information content (AvgIpc) is 3.24. The van der Waals surface area contributed by atoms with E-state index >= 15 is 0 Å². The van der Waals surface area contributed by atoms with E-state index < -0.39 is 0 Å². The summed E-state index contributed by atoms with van der Waals surface area (Å²) in [4.78, 5) is 15.3. The van der Waals surface area contributed by atoms with Crippen molar-refractivity contribution in [2.75, 3.05) is 26.7 Å². The van der Waals surface area contributed by atoms with Gasteiger partial charge in [0.1, 0.15) is 5.75 Å². The van der Waals surface area contributed by atoms with Crippen LogP contribution in [0.4, 0.5) is 0 Å². The monoisotopic (exact) mass is 338 g/mol. The molecule has 23 heavy (non-hydrogen) atoms. The third-order valence-corrected chi connectivity index (χ3v) is 5.40. The summed E-state index contributed by atoms with van der Waals surface area (Å²) in [5.41, 5.74) is 6.54. The van der Waals surface area contributed by atoms with Crippen LogP contribution in [0, 0.1) is 5.92 Å². The van der Waals surface area contributed by atoms with Gasteiger partial charge in [-0.15, -0.1) is 12.4 Å². The number of carbonyl (C=O) groups is 1. The molecule has 2 N–H and O–H groups in total. The minimum Gasteiger partial charge on any atom is -0.497 e. The number of nitrogens with zero attached hydrogens (tertiary/aromatic N) is 1. The molecular formula is C18H27ClN2O2. The Hall–Kier alpha value is -1.26. The quantitative estimate of drug-likeness (QED) is 0.918. The largest absolute Gasteiger partial charge is 0.497 e. The van der Waals surface area contributed by atoms with Crippen LogP contribution in [0.2, 0.25) is 0 Å². The van der Waals surface area contributed by atoms with Gasteiger partial charge in [-0.3, -0.25) is 4.79 Å². The first-order valence-electron chi connectivity index (χ1n) is 8.33. The number of rotatable bonds is 4. The molecule has 1 atom stereocenters. The van der Waals surface area contributed by atoms with Crippen LogP contribution in [-0.2, 0) is 10.2 Å². The molecule has 1 saturated carbocycles. The van der Waals surface area contributed by atoms with E-state index in [-0.39, 0.29) is 17.8 Å². The molecule has 5 heteroatoms. The van der Waals surface area contributed by atoms with E-state index in [1.165, 1.54) is 0 Å². The standard InChI is InChI=1S/C18H26N2O2.ClH/c1-22-16-6-4-5-15(11-16)18(8-2-3-9-18)17(21)20-10-7-14(12-19)13-20;/h4-6,11,14H,2-3,7-10,12-13,19H2,1H3;1H. The Morgan fingerprint density at radius 1 is 1.39 bits per heavy atom. The highest BCUT2D eigenvalue weighted by atomic mass is 35.5. The van der Waals surface area contributed by atoms with E-state index in [1.54, 1.807) is 7.11 Å². The highest BCUT2D eigenvalue weighted by molar-refractivity contribution is 5.89. The van der Waals surface area contributed by atoms with Crippen LogP contribution >= 0.6 is 12.4 Å². The molecule has 3 rings (SSSR count). The number of hydrogen-bond donors (Lipinski definition) is 1. The predicted molar refractivity (Wildman–Crippen MR) is 94.1 cm³/mol. The lowest BCUT2D eigenvalue weighted by Gasteiger charge is -2.33. The molecule has 1 aliphatic heterocycles. The molecule has 1 saturated heterocycles. The zero-order valence-electron chi connectivity index (χ0n) is 13.8. The first-order chi connectivity index (χ1) is 10.7. The maximum absolute atomic E-state index is 13.3. The Balaban J connectivity index is 0.00000192. The zero-order chi connectivity index (χ0) is 15.6. The number of nitrogens with two attached hydrogens (primary N) is 1. The van der Waals surface area contributed by atoms with Crippen LogP contribution in [0.5, 0.6) is 5.75 Å². The van der Waals surface area contributed by atoms with Gasteiger partial charge in [0.15, 0.2) is 0 Å². The zero-order valence-corrected chi connectivity index (χ0v) is 14.6. The van der Waals surface area contributed by atoms with Gasteiger partial charge in [-0.1, -0.05) is 25.0 Å². The summed E-state index contributed by atoms with van der Waals surface area (Å²) in [6.07, 6.45) is 5.18. The normalized spacial score (nSPS) is 22.7. The van der Waals surface area contributed by atoms with Gasteiger partial charge in [0, 0.05) is 13.1 Å². The Labute approximate surface area is 144 Å². The number of likely N-dealkylation sites (tertiary alicyclic amines) is 1. The van der Waals surface area contributed by atoms with E-state index in [0.29, 0.717) is 18.4 Å². The minimum absolute atomic E-state index is 0. The molecule has 1 aromatic rings. The Kier molecular flexibility index (Phi) is 5.93. The van der Waals surface area contributed by atoms with Crippen molar-refractivity contribution in [1.29, 1.82) is 0 Å². The van der Waals surface area contributed by atoms with E-state index in [2.05, 4.69) is 6.07 Å². The van der Waals surface area contributed by atoms with Crippen molar-refractivity contribution in [3.63, 3.8) is 0 Å². The summed E-state index contributed by atoms with van der Waals surface area (Å²) < 4.78 is 5.36. The lowest BCUT2D eigenvalue weighted by atomic mass is 9.77. The summed E-state index contributed by atoms with van der Waals surface area (Å²) in [5, 5.41) is 0. The molecule has 2 aliphatic rings. The van der Waals surface area contributed by atoms with Crippen molar-refractivity contribution in [3.8, 4) is 5.75 Å². The van der Waals surface area contributed by atoms with Crippen molar-refractivity contribution in [2.45, 2.75) is 37.5 Å². The third-order valence-electron chi connectivity index (χ3n) is 5.40. The number of halogens is 1. The summed E-state index contributed by atoms with van der Waals surface area (Å²) in [6, 6.07) is 8.06. The van der Waals surface area contributed by atoms with Crippen molar-refractivity contribution in [3.05, 3.63) is 29.8 Å². The highest BCUT2D eigenvalue weighted by Gasteiger charge is 2.46. The molecule has 1 heterocycles. The van der Waals surface area contributed by atoms with Gasteiger partial charge < -0.3 is 15.4 Å². The van der Waals surface area contributed by atoms with Crippen LogP contribution in [0.25, 0.3) is 0 Å². The number of carbonyl (C=O) groups excluding carboxylic acids is 1. The fraction of sp³-hybridized carbons (Fsp3) is 0.611. The number of hydrogen-bond acceptors (Lipinski definition) is 3. The molecule has 0 radical (unpaired) electrons. The van der Waals surface area contributed by atoms with E-state index in [4.69, 9.17) is 10.5 Å². The SMILES string of the molecule is COc1cccc(C2(C(=O)N3CCC(CN)C3)CCCC2)c1.Cl. The maximum Gasteiger partial charge on any atom is 0.233 e. The minimum atomic E-state index is -0.349. The second-order valence-corrected chi connectivity index (χ2v) is 6.66. The van der Waals surface area contributed by atoms with Gasteiger partial charge in [-0.05, 0) is 49.4 Å². The van der Waals surface area contributed by atoms with Gasteiger partial charge >= 0.3 is 0 Å². The van der Waals surface area contributed by atoms with Gasteiger partial charge in [0.2, 0.25) is 5.91 Å². The Bertz CT molecular complexity index is 544. The summed E-state index contributed by atoms with van der Waals surface area (Å²) in [6.45, 7) is 2.35. The first kappa shape index (κ1) is 18.1. The molecule has 0 bridgehead atoms. The van der Waals surface area contributed by atoms with Crippen molar-refractivity contribution >= 4 is 18.3 Å². The molecule has 128 valence electrons. The van der Waals surface area contributed by atoms with Gasteiger partial charge in [0.25, 0.3) is 0 Å². The fourth-order valence-corrected chi connectivity index (χ4v) is 4.04. The third kappa shape index (κ3) is 3.33. The molecule has 4 nitrogen and oxygen atoms in total. The van der Waals surface area contributed by atoms with Gasteiger partial charge in [-0.25, -0.2) is 0 Å². The Morgan fingerprint density at radius 3 is 2.74 bits per heavy atom. The molecule has 1 aromatic carbocycles. The van der Waals surface area contributed by atoms with Gasteiger partial charge in [-0.2, -0.15) is 0 Å². The first-order valence-corrected chi connectivity index (χ1v) is 8.33. The predicted octanol–water partition coefficient (Wildman–Crippen LogP) is 2.74. The van der Waals surface area contributed by atoms with Crippen LogP contribution in [0.1, 0.15) is 37.7 Å². The van der Waals surface area contributed by atoms with Crippen molar-refractivity contribution < 1.29 is 9.53 Å². The molecule has 1 unspecified atom stereocenters. The highest BCUT2D eigenvalue weighted by Crippen LogP contribution is 2.44. The molecule has 1 aliphatic carbocycles. The summed E-state index contributed by atoms with van der Waals surface area (Å²) >= 11 is 0. The number of ether oxygens (including phenoxy) is 1. The second-order valence-electron chi connectivity index (χ2n) is 6.66. The van der Waals surface area contributed by atoms with Crippen LogP contribution in [0.3, 0.4) is 0 Å².